The largest absolute Gasteiger partial charge is 0.483 e. The maximum absolute atomic E-state index is 12.9. The Bertz CT molecular complexity index is 1020. The van der Waals surface area contributed by atoms with E-state index in [2.05, 4.69) is 10.6 Å². The van der Waals surface area contributed by atoms with Gasteiger partial charge in [0.05, 0.1) is 11.1 Å². The van der Waals surface area contributed by atoms with Crippen LogP contribution in [0.4, 0.5) is 18.9 Å². The lowest BCUT2D eigenvalue weighted by atomic mass is 9.84. The highest BCUT2D eigenvalue weighted by Crippen LogP contribution is 2.49. The van der Waals surface area contributed by atoms with Gasteiger partial charge in [-0.1, -0.05) is 24.6 Å². The first-order chi connectivity index (χ1) is 15.7. The first kappa shape index (κ1) is 23.1. The monoisotopic (exact) mass is 460 g/mol. The summed E-state index contributed by atoms with van der Waals surface area (Å²) in [6.45, 7) is 1.59. The summed E-state index contributed by atoms with van der Waals surface area (Å²) in [5.41, 5.74) is -0.517. The van der Waals surface area contributed by atoms with Gasteiger partial charge in [0.25, 0.3) is 11.8 Å². The molecule has 2 bridgehead atoms. The van der Waals surface area contributed by atoms with E-state index in [1.165, 1.54) is 31.4 Å². The van der Waals surface area contributed by atoms with E-state index in [0.29, 0.717) is 17.4 Å². The average Bonchev–Trinajstić information content (AvgIpc) is 3.41. The smallest absolute Gasteiger partial charge is 0.416 e. The number of carbonyl (C=O) groups excluding carboxylic acids is 2. The molecule has 4 atom stereocenters. The molecule has 0 saturated heterocycles. The molecule has 2 saturated carbocycles. The number of hydrogen-bond acceptors (Lipinski definition) is 3. The summed E-state index contributed by atoms with van der Waals surface area (Å²) in [7, 11) is 0. The number of alkyl halides is 3. The summed E-state index contributed by atoms with van der Waals surface area (Å²) < 4.78 is 44.1. The van der Waals surface area contributed by atoms with Crippen LogP contribution in [0.5, 0.6) is 5.75 Å². The third-order valence-electron chi connectivity index (χ3n) is 6.76. The normalized spacial score (nSPS) is 22.6. The first-order valence-corrected chi connectivity index (χ1v) is 11.2. The van der Waals surface area contributed by atoms with Crippen molar-refractivity contribution >= 4 is 17.5 Å². The lowest BCUT2D eigenvalue weighted by Gasteiger charge is -2.28. The molecule has 2 fully saturated rings. The Kier molecular flexibility index (Phi) is 6.63. The fraction of sp³-hybridized carbons (Fsp3) is 0.440. The summed E-state index contributed by atoms with van der Waals surface area (Å²) in [4.78, 5) is 25.1. The molecule has 2 aliphatic rings. The van der Waals surface area contributed by atoms with Crippen LogP contribution in [0.1, 0.15) is 48.5 Å². The van der Waals surface area contributed by atoms with Gasteiger partial charge in [-0.2, -0.15) is 13.2 Å². The molecule has 0 radical (unpaired) electrons. The zero-order chi connectivity index (χ0) is 23.6. The quantitative estimate of drug-likeness (QED) is 0.591. The summed E-state index contributed by atoms with van der Waals surface area (Å²) in [6.07, 6.45) is 0.432. The summed E-state index contributed by atoms with van der Waals surface area (Å²) in [5, 5.41) is 5.48. The number of rotatable bonds is 7. The molecule has 2 amide bonds. The molecule has 0 heterocycles. The molecular weight excluding hydrogens is 433 g/mol. The van der Waals surface area contributed by atoms with Crippen molar-refractivity contribution < 1.29 is 27.5 Å². The molecule has 0 unspecified atom stereocenters. The van der Waals surface area contributed by atoms with Crippen molar-refractivity contribution in [3.8, 4) is 5.75 Å². The van der Waals surface area contributed by atoms with Gasteiger partial charge in [0.2, 0.25) is 0 Å². The summed E-state index contributed by atoms with van der Waals surface area (Å²) >= 11 is 0. The SMILES string of the molecule is C[C@@H](NC(=O)c1ccccc1OCC(=O)Nc1cccc(C(F)(F)F)c1)[C@@H]1C[C@@H]2CC[C@@H]1C2. The predicted octanol–water partition coefficient (Wildman–Crippen LogP) is 5.28. The molecule has 2 N–H and O–H groups in total. The highest BCUT2D eigenvalue weighted by atomic mass is 19.4. The van der Waals surface area contributed by atoms with Crippen molar-refractivity contribution in [1.29, 1.82) is 0 Å². The Morgan fingerprint density at radius 1 is 1.09 bits per heavy atom. The molecule has 2 aliphatic carbocycles. The fourth-order valence-electron chi connectivity index (χ4n) is 5.19. The van der Waals surface area contributed by atoms with Crippen LogP contribution in [0.25, 0.3) is 0 Å². The van der Waals surface area contributed by atoms with Crippen molar-refractivity contribution in [3.05, 3.63) is 59.7 Å². The molecule has 5 nitrogen and oxygen atoms in total. The van der Waals surface area contributed by atoms with Gasteiger partial charge in [-0.25, -0.2) is 0 Å². The van der Waals surface area contributed by atoms with E-state index in [1.807, 2.05) is 6.92 Å². The van der Waals surface area contributed by atoms with Crippen molar-refractivity contribution in [2.75, 3.05) is 11.9 Å². The van der Waals surface area contributed by atoms with Crippen molar-refractivity contribution in [2.45, 2.75) is 44.8 Å². The second-order valence-electron chi connectivity index (χ2n) is 9.01. The van der Waals surface area contributed by atoms with E-state index in [9.17, 15) is 22.8 Å². The maximum Gasteiger partial charge on any atom is 0.416 e. The fourth-order valence-corrected chi connectivity index (χ4v) is 5.19. The third-order valence-corrected chi connectivity index (χ3v) is 6.76. The number of amides is 2. The van der Waals surface area contributed by atoms with Crippen LogP contribution in [0, 0.1) is 17.8 Å². The summed E-state index contributed by atoms with van der Waals surface area (Å²) in [6, 6.07) is 11.0. The number of anilines is 1. The number of nitrogens with one attached hydrogen (secondary N) is 2. The average molecular weight is 460 g/mol. The molecule has 0 aliphatic heterocycles. The lowest BCUT2D eigenvalue weighted by Crippen LogP contribution is -2.40. The number of ether oxygens (including phenoxy) is 1. The standard InChI is InChI=1S/C25H27F3N2O3/c1-15(21-12-16-9-10-17(21)11-16)29-24(32)20-7-2-3-8-22(20)33-14-23(31)30-19-6-4-5-18(13-19)25(26,27)28/h2-8,13,15-17,21H,9-12,14H2,1H3,(H,29,32)(H,30,31)/t15-,16-,17-,21+/m1/s1. The van der Waals surface area contributed by atoms with Gasteiger partial charge in [-0.05, 0) is 74.3 Å². The van der Waals surface area contributed by atoms with E-state index >= 15 is 0 Å². The van der Waals surface area contributed by atoms with Crippen molar-refractivity contribution in [1.82, 2.24) is 5.32 Å². The van der Waals surface area contributed by atoms with Gasteiger partial charge in [0.1, 0.15) is 5.75 Å². The Labute approximate surface area is 190 Å². The second-order valence-corrected chi connectivity index (χ2v) is 9.01. The minimum absolute atomic E-state index is 0.0177. The van der Waals surface area contributed by atoms with Crippen LogP contribution in [-0.4, -0.2) is 24.5 Å². The molecule has 176 valence electrons. The number of hydrogen-bond donors (Lipinski definition) is 2. The van der Waals surface area contributed by atoms with E-state index < -0.39 is 24.3 Å². The molecule has 2 aromatic rings. The zero-order valence-corrected chi connectivity index (χ0v) is 18.3. The number of halogens is 3. The molecule has 0 spiro atoms. The first-order valence-electron chi connectivity index (χ1n) is 11.2. The highest BCUT2D eigenvalue weighted by Gasteiger charge is 2.42. The highest BCUT2D eigenvalue weighted by molar-refractivity contribution is 5.97. The van der Waals surface area contributed by atoms with Crippen LogP contribution in [-0.2, 0) is 11.0 Å². The molecule has 0 aromatic heterocycles. The molecule has 33 heavy (non-hydrogen) atoms. The molecule has 2 aromatic carbocycles. The van der Waals surface area contributed by atoms with Crippen LogP contribution in [0.2, 0.25) is 0 Å². The van der Waals surface area contributed by atoms with Gasteiger partial charge >= 0.3 is 6.18 Å². The molecular formula is C25H27F3N2O3. The number of carbonyl (C=O) groups is 2. The van der Waals surface area contributed by atoms with Crippen LogP contribution >= 0.6 is 0 Å². The second kappa shape index (κ2) is 9.45. The van der Waals surface area contributed by atoms with Crippen LogP contribution in [0.3, 0.4) is 0 Å². The van der Waals surface area contributed by atoms with Gasteiger partial charge < -0.3 is 15.4 Å². The Balaban J connectivity index is 1.34. The van der Waals surface area contributed by atoms with Gasteiger partial charge in [-0.15, -0.1) is 0 Å². The van der Waals surface area contributed by atoms with Gasteiger partial charge in [0, 0.05) is 11.7 Å². The lowest BCUT2D eigenvalue weighted by molar-refractivity contribution is -0.137. The number of para-hydroxylation sites is 1. The minimum atomic E-state index is -4.50. The molecule has 8 heteroatoms. The van der Waals surface area contributed by atoms with E-state index in [-0.39, 0.29) is 23.4 Å². The van der Waals surface area contributed by atoms with E-state index in [0.717, 1.165) is 24.5 Å². The van der Waals surface area contributed by atoms with Gasteiger partial charge in [0.15, 0.2) is 6.61 Å². The van der Waals surface area contributed by atoms with Gasteiger partial charge in [-0.3, -0.25) is 9.59 Å². The van der Waals surface area contributed by atoms with Crippen LogP contribution in [0.15, 0.2) is 48.5 Å². The number of fused-ring (bicyclic) bond motifs is 2. The minimum Gasteiger partial charge on any atom is -0.483 e. The summed E-state index contributed by atoms with van der Waals surface area (Å²) in [5.74, 6) is 1.30. The molecule has 4 rings (SSSR count). The maximum atomic E-state index is 12.9. The third kappa shape index (κ3) is 5.49. The zero-order valence-electron chi connectivity index (χ0n) is 18.3. The Morgan fingerprint density at radius 2 is 1.88 bits per heavy atom. The Morgan fingerprint density at radius 3 is 2.58 bits per heavy atom. The van der Waals surface area contributed by atoms with Crippen molar-refractivity contribution in [3.63, 3.8) is 0 Å². The van der Waals surface area contributed by atoms with Crippen LogP contribution < -0.4 is 15.4 Å². The number of benzene rings is 2. The van der Waals surface area contributed by atoms with E-state index in [4.69, 9.17) is 4.74 Å². The Hall–Kier alpha value is -3.03. The topological polar surface area (TPSA) is 67.4 Å². The predicted molar refractivity (Wildman–Crippen MR) is 118 cm³/mol. The van der Waals surface area contributed by atoms with Crippen molar-refractivity contribution in [2.24, 2.45) is 17.8 Å². The van der Waals surface area contributed by atoms with E-state index in [1.54, 1.807) is 24.3 Å².